The van der Waals surface area contributed by atoms with Crippen LogP contribution in [0.15, 0.2) is 12.4 Å². The third-order valence-electron chi connectivity index (χ3n) is 6.04. The Labute approximate surface area is 153 Å². The van der Waals surface area contributed by atoms with Gasteiger partial charge >= 0.3 is 0 Å². The maximum Gasteiger partial charge on any atom is 0.244 e. The molecule has 8 nitrogen and oxygen atoms in total. The van der Waals surface area contributed by atoms with Gasteiger partial charge in [0, 0.05) is 25.8 Å². The number of hydrogen-bond donors (Lipinski definition) is 2. The minimum absolute atomic E-state index is 0.0280. The Balaban J connectivity index is 1.37. The molecule has 1 aromatic heterocycles. The normalized spacial score (nSPS) is 28.6. The Kier molecular flexibility index (Phi) is 4.95. The molecule has 26 heavy (non-hydrogen) atoms. The van der Waals surface area contributed by atoms with Gasteiger partial charge in [-0.2, -0.15) is 5.10 Å². The quantitative estimate of drug-likeness (QED) is 0.813. The number of anilines is 1. The molecule has 8 heteroatoms. The van der Waals surface area contributed by atoms with Crippen LogP contribution in [-0.2, 0) is 20.9 Å². The Hall–Kier alpha value is -1.93. The monoisotopic (exact) mass is 361 g/mol. The first-order valence-corrected chi connectivity index (χ1v) is 9.57. The Bertz CT molecular complexity index is 670. The Morgan fingerprint density at radius 1 is 1.35 bits per heavy atom. The number of nitrogens with zero attached hydrogens (tertiary/aromatic N) is 3. The predicted molar refractivity (Wildman–Crippen MR) is 95.5 cm³/mol. The minimum Gasteiger partial charge on any atom is -0.378 e. The van der Waals surface area contributed by atoms with Crippen LogP contribution >= 0.6 is 0 Å². The largest absolute Gasteiger partial charge is 0.378 e. The zero-order chi connectivity index (χ0) is 18.0. The molecule has 1 aromatic rings. The van der Waals surface area contributed by atoms with E-state index in [9.17, 15) is 9.59 Å². The number of morpholine rings is 1. The highest BCUT2D eigenvalue weighted by Crippen LogP contribution is 2.44. The smallest absolute Gasteiger partial charge is 0.244 e. The summed E-state index contributed by atoms with van der Waals surface area (Å²) in [5, 5.41) is 10.7. The van der Waals surface area contributed by atoms with Crippen LogP contribution in [0.4, 0.5) is 5.69 Å². The fourth-order valence-electron chi connectivity index (χ4n) is 4.51. The summed E-state index contributed by atoms with van der Waals surface area (Å²) in [6, 6.07) is 0. The molecule has 2 saturated heterocycles. The third-order valence-corrected chi connectivity index (χ3v) is 6.04. The molecular weight excluding hydrogens is 334 g/mol. The summed E-state index contributed by atoms with van der Waals surface area (Å²) in [5.41, 5.74) is 0.375. The van der Waals surface area contributed by atoms with Crippen LogP contribution in [0.3, 0.4) is 0 Å². The van der Waals surface area contributed by atoms with Gasteiger partial charge in [0.15, 0.2) is 0 Å². The number of rotatable bonds is 4. The van der Waals surface area contributed by atoms with Crippen LogP contribution in [-0.4, -0.2) is 65.9 Å². The van der Waals surface area contributed by atoms with E-state index in [0.29, 0.717) is 37.9 Å². The third kappa shape index (κ3) is 3.35. The zero-order valence-electron chi connectivity index (χ0n) is 15.1. The van der Waals surface area contributed by atoms with Gasteiger partial charge in [0.2, 0.25) is 11.8 Å². The van der Waals surface area contributed by atoms with Crippen LogP contribution in [0.25, 0.3) is 0 Å². The van der Waals surface area contributed by atoms with Crippen molar-refractivity contribution in [2.24, 2.45) is 11.3 Å². The molecule has 142 valence electrons. The van der Waals surface area contributed by atoms with Crippen LogP contribution in [0.1, 0.15) is 25.7 Å². The van der Waals surface area contributed by atoms with E-state index in [0.717, 1.165) is 32.4 Å². The molecule has 0 unspecified atom stereocenters. The van der Waals surface area contributed by atoms with Crippen molar-refractivity contribution < 1.29 is 14.3 Å². The molecule has 1 aliphatic carbocycles. The molecule has 3 heterocycles. The van der Waals surface area contributed by atoms with Crippen molar-refractivity contribution in [3.05, 3.63) is 12.4 Å². The topological polar surface area (TPSA) is 88.5 Å². The molecule has 2 amide bonds. The van der Waals surface area contributed by atoms with Crippen molar-refractivity contribution in [1.29, 1.82) is 0 Å². The summed E-state index contributed by atoms with van der Waals surface area (Å²) < 4.78 is 6.86. The first kappa shape index (κ1) is 17.5. The molecule has 2 aliphatic heterocycles. The lowest BCUT2D eigenvalue weighted by Gasteiger charge is -2.36. The first-order valence-electron chi connectivity index (χ1n) is 9.57. The van der Waals surface area contributed by atoms with E-state index in [4.69, 9.17) is 4.74 Å². The molecule has 4 rings (SSSR count). The van der Waals surface area contributed by atoms with Crippen LogP contribution in [0.2, 0.25) is 0 Å². The number of ether oxygens (including phenoxy) is 1. The van der Waals surface area contributed by atoms with Gasteiger partial charge in [0.1, 0.15) is 6.54 Å². The summed E-state index contributed by atoms with van der Waals surface area (Å²) in [6.07, 6.45) is 7.75. The van der Waals surface area contributed by atoms with Crippen LogP contribution in [0.5, 0.6) is 0 Å². The second-order valence-corrected chi connectivity index (χ2v) is 7.60. The Morgan fingerprint density at radius 2 is 2.19 bits per heavy atom. The molecule has 0 aromatic carbocycles. The van der Waals surface area contributed by atoms with Crippen molar-refractivity contribution in [2.45, 2.75) is 32.2 Å². The molecule has 0 bridgehead atoms. The van der Waals surface area contributed by atoms with E-state index in [1.165, 1.54) is 6.42 Å². The summed E-state index contributed by atoms with van der Waals surface area (Å²) in [4.78, 5) is 27.1. The van der Waals surface area contributed by atoms with Gasteiger partial charge in [-0.05, 0) is 25.3 Å². The summed E-state index contributed by atoms with van der Waals surface area (Å²) >= 11 is 0. The molecule has 0 spiro atoms. The lowest BCUT2D eigenvalue weighted by atomic mass is 9.67. The fraction of sp³-hybridized carbons (Fsp3) is 0.722. The molecule has 0 radical (unpaired) electrons. The molecule has 3 fully saturated rings. The van der Waals surface area contributed by atoms with E-state index in [-0.39, 0.29) is 23.8 Å². The highest BCUT2D eigenvalue weighted by Gasteiger charge is 2.49. The molecule has 3 aliphatic rings. The average Bonchev–Trinajstić information content (AvgIpc) is 3.29. The maximum atomic E-state index is 13.0. The lowest BCUT2D eigenvalue weighted by molar-refractivity contribution is -0.136. The maximum absolute atomic E-state index is 13.0. The molecule has 2 N–H and O–H groups in total. The van der Waals surface area contributed by atoms with Gasteiger partial charge in [-0.1, -0.05) is 12.8 Å². The summed E-state index contributed by atoms with van der Waals surface area (Å²) in [5.74, 6) is 0.542. The highest BCUT2D eigenvalue weighted by molar-refractivity contribution is 5.96. The minimum atomic E-state index is -0.288. The van der Waals surface area contributed by atoms with Crippen LogP contribution < -0.4 is 10.6 Å². The predicted octanol–water partition coefficient (Wildman–Crippen LogP) is 0.460. The Morgan fingerprint density at radius 3 is 3.04 bits per heavy atom. The van der Waals surface area contributed by atoms with Crippen molar-refractivity contribution >= 4 is 17.5 Å². The second-order valence-electron chi connectivity index (χ2n) is 7.60. The zero-order valence-corrected chi connectivity index (χ0v) is 15.1. The number of nitrogens with one attached hydrogen (secondary N) is 2. The number of amides is 2. The van der Waals surface area contributed by atoms with Gasteiger partial charge in [-0.3, -0.25) is 14.3 Å². The number of aromatic nitrogens is 2. The molecular formula is C18H27N5O3. The standard InChI is InChI=1S/C18H27N5O3/c24-16(22-5-7-26-8-6-22)12-23-11-15(10-20-23)21-17(25)18-4-2-1-3-14(18)9-19-13-18/h10-11,14,19H,1-9,12-13H2,(H,21,25)/t14-,18+/m0/s1. The SMILES string of the molecule is O=C(Cn1cc(NC(=O)[C@@]23CCCC[C@H]2CNC3)cn1)N1CCOCC1. The van der Waals surface area contributed by atoms with E-state index >= 15 is 0 Å². The summed E-state index contributed by atoms with van der Waals surface area (Å²) in [7, 11) is 0. The van der Waals surface area contributed by atoms with Gasteiger partial charge in [-0.15, -0.1) is 0 Å². The van der Waals surface area contributed by atoms with E-state index in [2.05, 4.69) is 15.7 Å². The van der Waals surface area contributed by atoms with Gasteiger partial charge in [-0.25, -0.2) is 0 Å². The summed E-state index contributed by atoms with van der Waals surface area (Å²) in [6.45, 7) is 4.30. The lowest BCUT2D eigenvalue weighted by Crippen LogP contribution is -2.44. The fourth-order valence-corrected chi connectivity index (χ4v) is 4.51. The molecule has 2 atom stereocenters. The van der Waals surface area contributed by atoms with Crippen molar-refractivity contribution in [3.63, 3.8) is 0 Å². The second kappa shape index (κ2) is 7.36. The van der Waals surface area contributed by atoms with Gasteiger partial charge in [0.25, 0.3) is 0 Å². The molecule has 1 saturated carbocycles. The van der Waals surface area contributed by atoms with Crippen molar-refractivity contribution in [1.82, 2.24) is 20.0 Å². The number of carbonyl (C=O) groups is 2. The highest BCUT2D eigenvalue weighted by atomic mass is 16.5. The number of carbonyl (C=O) groups excluding carboxylic acids is 2. The van der Waals surface area contributed by atoms with Gasteiger partial charge in [0.05, 0.1) is 30.5 Å². The van der Waals surface area contributed by atoms with Crippen LogP contribution in [0, 0.1) is 11.3 Å². The average molecular weight is 361 g/mol. The van der Waals surface area contributed by atoms with E-state index in [1.807, 2.05) is 0 Å². The van der Waals surface area contributed by atoms with E-state index < -0.39 is 0 Å². The first-order chi connectivity index (χ1) is 12.7. The van der Waals surface area contributed by atoms with Gasteiger partial charge < -0.3 is 20.3 Å². The van der Waals surface area contributed by atoms with Crippen molar-refractivity contribution in [2.75, 3.05) is 44.7 Å². The van der Waals surface area contributed by atoms with Crippen molar-refractivity contribution in [3.8, 4) is 0 Å². The number of fused-ring (bicyclic) bond motifs is 1. The van der Waals surface area contributed by atoms with E-state index in [1.54, 1.807) is 22.0 Å². The number of hydrogen-bond acceptors (Lipinski definition) is 5.